The zero-order valence-corrected chi connectivity index (χ0v) is 12.3. The minimum Gasteiger partial charge on any atom is -0.384 e. The van der Waals surface area contributed by atoms with Crippen molar-refractivity contribution in [2.75, 3.05) is 6.61 Å². The van der Waals surface area contributed by atoms with Gasteiger partial charge in [0, 0.05) is 30.9 Å². The molecule has 0 fully saturated rings. The third-order valence-electron chi connectivity index (χ3n) is 2.68. The molecule has 6 nitrogen and oxygen atoms in total. The van der Waals surface area contributed by atoms with Crippen molar-refractivity contribution < 1.29 is 13.5 Å². The lowest BCUT2D eigenvalue weighted by atomic mass is 10.2. The number of hydrogen-bond acceptors (Lipinski definition) is 4. The van der Waals surface area contributed by atoms with Crippen LogP contribution in [0, 0.1) is 11.8 Å². The van der Waals surface area contributed by atoms with Gasteiger partial charge in [0.2, 0.25) is 10.0 Å². The van der Waals surface area contributed by atoms with Gasteiger partial charge in [0.05, 0.1) is 11.1 Å². The summed E-state index contributed by atoms with van der Waals surface area (Å²) in [5, 5.41) is 12.6. The maximum absolute atomic E-state index is 12.2. The van der Waals surface area contributed by atoms with Crippen molar-refractivity contribution in [1.29, 1.82) is 0 Å². The summed E-state index contributed by atoms with van der Waals surface area (Å²) >= 11 is 0. The first-order valence-corrected chi connectivity index (χ1v) is 7.66. The van der Waals surface area contributed by atoms with Crippen LogP contribution in [0.15, 0.2) is 41.6 Å². The predicted octanol–water partition coefficient (Wildman–Crippen LogP) is 0.242. The average molecular weight is 305 g/mol. The third kappa shape index (κ3) is 4.16. The van der Waals surface area contributed by atoms with Gasteiger partial charge in [0.1, 0.15) is 6.61 Å². The summed E-state index contributed by atoms with van der Waals surface area (Å²) in [6, 6.07) is 6.26. The minimum absolute atomic E-state index is 0.135. The maximum Gasteiger partial charge on any atom is 0.240 e. The van der Waals surface area contributed by atoms with Gasteiger partial charge < -0.3 is 5.11 Å². The van der Waals surface area contributed by atoms with E-state index in [0.29, 0.717) is 5.56 Å². The number of rotatable bonds is 4. The van der Waals surface area contributed by atoms with Gasteiger partial charge in [-0.05, 0) is 18.2 Å². The SMILES string of the molecule is Cn1cc(CNS(=O)(=O)c2cccc(C#CCO)c2)cn1. The number of hydrogen-bond donors (Lipinski definition) is 2. The van der Waals surface area contributed by atoms with E-state index in [1.54, 1.807) is 36.3 Å². The molecule has 0 saturated carbocycles. The second-order valence-corrected chi connectivity index (χ2v) is 6.10. The van der Waals surface area contributed by atoms with Gasteiger partial charge in [-0.3, -0.25) is 4.68 Å². The highest BCUT2D eigenvalue weighted by molar-refractivity contribution is 7.89. The molecule has 0 saturated heterocycles. The molecule has 0 aliphatic carbocycles. The molecule has 1 aromatic carbocycles. The van der Waals surface area contributed by atoms with Gasteiger partial charge in [0.15, 0.2) is 0 Å². The molecule has 0 spiro atoms. The Kier molecular flexibility index (Phi) is 4.75. The topological polar surface area (TPSA) is 84.2 Å². The molecule has 0 aliphatic heterocycles. The fourth-order valence-corrected chi connectivity index (χ4v) is 2.77. The molecule has 7 heteroatoms. The summed E-state index contributed by atoms with van der Waals surface area (Å²) in [4.78, 5) is 0.135. The highest BCUT2D eigenvalue weighted by atomic mass is 32.2. The Morgan fingerprint density at radius 1 is 1.43 bits per heavy atom. The normalized spacial score (nSPS) is 11.0. The highest BCUT2D eigenvalue weighted by Gasteiger charge is 2.14. The molecule has 0 atom stereocenters. The van der Waals surface area contributed by atoms with Crippen LogP contribution >= 0.6 is 0 Å². The van der Waals surface area contributed by atoms with Crippen LogP contribution in [0.2, 0.25) is 0 Å². The summed E-state index contributed by atoms with van der Waals surface area (Å²) in [5.74, 6) is 5.16. The van der Waals surface area contributed by atoms with Gasteiger partial charge in [0.25, 0.3) is 0 Å². The first kappa shape index (κ1) is 15.3. The smallest absolute Gasteiger partial charge is 0.240 e. The third-order valence-corrected chi connectivity index (χ3v) is 4.08. The Balaban J connectivity index is 2.15. The van der Waals surface area contributed by atoms with E-state index < -0.39 is 10.0 Å². The molecule has 0 amide bonds. The van der Waals surface area contributed by atoms with Gasteiger partial charge in [-0.25, -0.2) is 13.1 Å². The fourth-order valence-electron chi connectivity index (χ4n) is 1.71. The zero-order chi connectivity index (χ0) is 15.3. The number of aryl methyl sites for hydroxylation is 1. The second-order valence-electron chi connectivity index (χ2n) is 4.33. The number of nitrogens with one attached hydrogen (secondary N) is 1. The van der Waals surface area contributed by atoms with Crippen LogP contribution in [0.1, 0.15) is 11.1 Å². The Morgan fingerprint density at radius 2 is 2.24 bits per heavy atom. The molecule has 2 N–H and O–H groups in total. The number of sulfonamides is 1. The average Bonchev–Trinajstić information content (AvgIpc) is 2.89. The van der Waals surface area contributed by atoms with Crippen molar-refractivity contribution in [3.63, 3.8) is 0 Å². The number of benzene rings is 1. The van der Waals surface area contributed by atoms with Crippen LogP contribution < -0.4 is 4.72 Å². The molecule has 1 heterocycles. The Bertz CT molecular complexity index is 785. The molecule has 0 aliphatic rings. The Morgan fingerprint density at radius 3 is 2.90 bits per heavy atom. The van der Waals surface area contributed by atoms with Crippen molar-refractivity contribution in [1.82, 2.24) is 14.5 Å². The summed E-state index contributed by atoms with van der Waals surface area (Å²) in [7, 11) is -1.85. The minimum atomic E-state index is -3.61. The first-order chi connectivity index (χ1) is 10.0. The lowest BCUT2D eigenvalue weighted by Crippen LogP contribution is -2.23. The lowest BCUT2D eigenvalue weighted by Gasteiger charge is -2.06. The molecule has 0 unspecified atom stereocenters. The monoisotopic (exact) mass is 305 g/mol. The number of aromatic nitrogens is 2. The van der Waals surface area contributed by atoms with Gasteiger partial charge in [-0.2, -0.15) is 5.10 Å². The van der Waals surface area contributed by atoms with Crippen LogP contribution in [0.25, 0.3) is 0 Å². The first-order valence-electron chi connectivity index (χ1n) is 6.18. The number of nitrogens with zero attached hydrogens (tertiary/aromatic N) is 2. The van der Waals surface area contributed by atoms with Gasteiger partial charge >= 0.3 is 0 Å². The quantitative estimate of drug-likeness (QED) is 0.793. The summed E-state index contributed by atoms with van der Waals surface area (Å²) in [6.07, 6.45) is 3.34. The Hall–Kier alpha value is -2.14. The van der Waals surface area contributed by atoms with E-state index in [0.717, 1.165) is 5.56 Å². The van der Waals surface area contributed by atoms with Crippen LogP contribution in [-0.2, 0) is 23.6 Å². The summed E-state index contributed by atoms with van der Waals surface area (Å²) < 4.78 is 28.5. The largest absolute Gasteiger partial charge is 0.384 e. The van der Waals surface area contributed by atoms with Gasteiger partial charge in [-0.1, -0.05) is 17.9 Å². The van der Waals surface area contributed by atoms with Gasteiger partial charge in [-0.15, -0.1) is 0 Å². The molecular formula is C14H15N3O3S. The van der Waals surface area contributed by atoms with E-state index in [1.165, 1.54) is 12.1 Å². The van der Waals surface area contributed by atoms with E-state index >= 15 is 0 Å². The number of aliphatic hydroxyl groups excluding tert-OH is 1. The molecule has 1 aromatic heterocycles. The van der Waals surface area contributed by atoms with Crippen LogP contribution in [0.5, 0.6) is 0 Å². The summed E-state index contributed by atoms with van der Waals surface area (Å²) in [6.45, 7) is -0.0983. The van der Waals surface area contributed by atoms with Crippen LogP contribution in [0.3, 0.4) is 0 Å². The lowest BCUT2D eigenvalue weighted by molar-refractivity contribution is 0.350. The zero-order valence-electron chi connectivity index (χ0n) is 11.4. The molecule has 0 bridgehead atoms. The van der Waals surface area contributed by atoms with E-state index in [1.807, 2.05) is 0 Å². The van der Waals surface area contributed by atoms with E-state index in [2.05, 4.69) is 21.7 Å². The molecular weight excluding hydrogens is 290 g/mol. The van der Waals surface area contributed by atoms with Crippen molar-refractivity contribution in [3.05, 3.63) is 47.8 Å². The van der Waals surface area contributed by atoms with E-state index in [9.17, 15) is 8.42 Å². The highest BCUT2D eigenvalue weighted by Crippen LogP contribution is 2.11. The predicted molar refractivity (Wildman–Crippen MR) is 77.6 cm³/mol. The van der Waals surface area contributed by atoms with Crippen molar-refractivity contribution in [3.8, 4) is 11.8 Å². The molecule has 2 aromatic rings. The van der Waals surface area contributed by atoms with E-state index in [4.69, 9.17) is 5.11 Å². The molecule has 110 valence electrons. The second kappa shape index (κ2) is 6.54. The van der Waals surface area contributed by atoms with Crippen molar-refractivity contribution in [2.45, 2.75) is 11.4 Å². The maximum atomic E-state index is 12.2. The standard InChI is InChI=1S/C14H15N3O3S/c1-17-11-13(9-15-17)10-16-21(19,20)14-6-2-4-12(8-14)5-3-7-18/h2,4,6,8-9,11,16,18H,7,10H2,1H3. The van der Waals surface area contributed by atoms with Crippen LogP contribution in [-0.4, -0.2) is 29.9 Å². The summed E-state index contributed by atoms with van der Waals surface area (Å²) in [5.41, 5.74) is 1.31. The number of aliphatic hydroxyl groups is 1. The Labute approximate surface area is 123 Å². The molecule has 21 heavy (non-hydrogen) atoms. The van der Waals surface area contributed by atoms with Crippen molar-refractivity contribution in [2.24, 2.45) is 7.05 Å². The van der Waals surface area contributed by atoms with Crippen LogP contribution in [0.4, 0.5) is 0 Å². The fraction of sp³-hybridized carbons (Fsp3) is 0.214. The molecule has 2 rings (SSSR count). The van der Waals surface area contributed by atoms with E-state index in [-0.39, 0.29) is 18.0 Å². The molecule has 0 radical (unpaired) electrons. The van der Waals surface area contributed by atoms with Crippen molar-refractivity contribution >= 4 is 10.0 Å².